The van der Waals surface area contributed by atoms with E-state index in [4.69, 9.17) is 23.2 Å². The molecule has 28 heavy (non-hydrogen) atoms. The summed E-state index contributed by atoms with van der Waals surface area (Å²) in [6.45, 7) is 4.59. The van der Waals surface area contributed by atoms with Crippen molar-refractivity contribution in [3.05, 3.63) is 52.0 Å². The van der Waals surface area contributed by atoms with E-state index in [2.05, 4.69) is 23.9 Å². The molecule has 2 aromatic carbocycles. The molecule has 9 heteroatoms. The lowest BCUT2D eigenvalue weighted by Gasteiger charge is -2.34. The fourth-order valence-electron chi connectivity index (χ4n) is 3.30. The number of fused-ring (bicyclic) bond motifs is 1. The standard InChI is InChI=1S/C19H19Cl2N5OS/c20-14-5-4-13(15(21)10-14)11-25-6-8-26(9-7-25)12-18(27)22-16-2-1-3-17-19(16)24-28-23-17/h1-5,10H,6-9,11-12H2,(H,22,27). The smallest absolute Gasteiger partial charge is 0.238 e. The van der Waals surface area contributed by atoms with Crippen LogP contribution in [0.1, 0.15) is 5.56 Å². The third-order valence-electron chi connectivity index (χ3n) is 4.80. The van der Waals surface area contributed by atoms with Crippen LogP contribution in [-0.2, 0) is 11.3 Å². The summed E-state index contributed by atoms with van der Waals surface area (Å²) >= 11 is 13.4. The third kappa shape index (κ3) is 4.61. The summed E-state index contributed by atoms with van der Waals surface area (Å²) in [5, 5.41) is 4.30. The van der Waals surface area contributed by atoms with E-state index in [0.29, 0.717) is 22.3 Å². The molecule has 3 aromatic rings. The highest BCUT2D eigenvalue weighted by Crippen LogP contribution is 2.23. The maximum Gasteiger partial charge on any atom is 0.238 e. The minimum atomic E-state index is -0.0327. The van der Waals surface area contributed by atoms with Gasteiger partial charge in [0.1, 0.15) is 11.0 Å². The summed E-state index contributed by atoms with van der Waals surface area (Å²) in [5.74, 6) is -0.0327. The fraction of sp³-hybridized carbons (Fsp3) is 0.316. The van der Waals surface area contributed by atoms with Crippen LogP contribution >= 0.6 is 34.9 Å². The van der Waals surface area contributed by atoms with Crippen LogP contribution in [0, 0.1) is 0 Å². The number of nitrogens with zero attached hydrogens (tertiary/aromatic N) is 4. The van der Waals surface area contributed by atoms with Crippen LogP contribution < -0.4 is 5.32 Å². The van der Waals surface area contributed by atoms with E-state index >= 15 is 0 Å². The van der Waals surface area contributed by atoms with Crippen LogP contribution in [0.3, 0.4) is 0 Å². The number of aromatic nitrogens is 2. The highest BCUT2D eigenvalue weighted by molar-refractivity contribution is 7.00. The molecule has 0 bridgehead atoms. The maximum atomic E-state index is 12.5. The molecular formula is C19H19Cl2N5OS. The van der Waals surface area contributed by atoms with Crippen molar-refractivity contribution in [1.82, 2.24) is 18.5 Å². The van der Waals surface area contributed by atoms with Crippen LogP contribution in [0.15, 0.2) is 36.4 Å². The Hall–Kier alpha value is -1.77. The SMILES string of the molecule is O=C(CN1CCN(Cc2ccc(Cl)cc2Cl)CC1)Nc1cccc2nsnc12. The zero-order chi connectivity index (χ0) is 19.5. The molecule has 1 aliphatic heterocycles. The molecule has 1 amide bonds. The summed E-state index contributed by atoms with van der Waals surface area (Å²) in [6, 6.07) is 11.2. The quantitative estimate of drug-likeness (QED) is 0.660. The summed E-state index contributed by atoms with van der Waals surface area (Å²) in [4.78, 5) is 17.0. The lowest BCUT2D eigenvalue weighted by atomic mass is 10.2. The van der Waals surface area contributed by atoms with Crippen molar-refractivity contribution in [2.24, 2.45) is 0 Å². The summed E-state index contributed by atoms with van der Waals surface area (Å²) in [7, 11) is 0. The van der Waals surface area contributed by atoms with Gasteiger partial charge in [-0.2, -0.15) is 8.75 Å². The molecule has 0 aliphatic carbocycles. The molecule has 146 valence electrons. The Morgan fingerprint density at radius 1 is 1.07 bits per heavy atom. The van der Waals surface area contributed by atoms with Crippen LogP contribution in [0.2, 0.25) is 10.0 Å². The van der Waals surface area contributed by atoms with Crippen molar-refractivity contribution in [3.63, 3.8) is 0 Å². The Kier molecular flexibility index (Phi) is 6.08. The molecule has 1 aromatic heterocycles. The lowest BCUT2D eigenvalue weighted by molar-refractivity contribution is -0.117. The van der Waals surface area contributed by atoms with Gasteiger partial charge in [-0.3, -0.25) is 14.6 Å². The van der Waals surface area contributed by atoms with E-state index in [0.717, 1.165) is 61.0 Å². The molecular weight excluding hydrogens is 417 g/mol. The Bertz CT molecular complexity index is 987. The predicted molar refractivity (Wildman–Crippen MR) is 114 cm³/mol. The zero-order valence-electron chi connectivity index (χ0n) is 15.1. The molecule has 1 saturated heterocycles. The van der Waals surface area contributed by atoms with Crippen molar-refractivity contribution in [2.45, 2.75) is 6.54 Å². The van der Waals surface area contributed by atoms with Gasteiger partial charge in [0.05, 0.1) is 24.0 Å². The molecule has 0 saturated carbocycles. The first kappa shape index (κ1) is 19.5. The first-order chi connectivity index (χ1) is 13.6. The second kappa shape index (κ2) is 8.71. The van der Waals surface area contributed by atoms with E-state index in [1.807, 2.05) is 30.3 Å². The first-order valence-electron chi connectivity index (χ1n) is 8.98. The summed E-state index contributed by atoms with van der Waals surface area (Å²) in [5.41, 5.74) is 3.33. The zero-order valence-corrected chi connectivity index (χ0v) is 17.4. The maximum absolute atomic E-state index is 12.5. The number of carbonyl (C=O) groups is 1. The summed E-state index contributed by atoms with van der Waals surface area (Å²) < 4.78 is 8.46. The van der Waals surface area contributed by atoms with Crippen molar-refractivity contribution in [1.29, 1.82) is 0 Å². The van der Waals surface area contributed by atoms with E-state index in [1.165, 1.54) is 0 Å². The van der Waals surface area contributed by atoms with Crippen LogP contribution in [-0.4, -0.2) is 57.2 Å². The van der Waals surface area contributed by atoms with Gasteiger partial charge in [-0.25, -0.2) is 0 Å². The molecule has 6 nitrogen and oxygen atoms in total. The topological polar surface area (TPSA) is 61.4 Å². The number of piperazine rings is 1. The monoisotopic (exact) mass is 435 g/mol. The number of anilines is 1. The van der Waals surface area contributed by atoms with Crippen LogP contribution in [0.25, 0.3) is 11.0 Å². The lowest BCUT2D eigenvalue weighted by Crippen LogP contribution is -2.48. The molecule has 2 heterocycles. The Labute approximate surface area is 177 Å². The molecule has 4 rings (SSSR count). The van der Waals surface area contributed by atoms with Gasteiger partial charge in [-0.05, 0) is 29.8 Å². The van der Waals surface area contributed by atoms with Gasteiger partial charge in [-0.1, -0.05) is 35.3 Å². The van der Waals surface area contributed by atoms with Gasteiger partial charge < -0.3 is 5.32 Å². The van der Waals surface area contributed by atoms with Gasteiger partial charge in [-0.15, -0.1) is 0 Å². The number of nitrogens with one attached hydrogen (secondary N) is 1. The Morgan fingerprint density at radius 3 is 2.64 bits per heavy atom. The minimum Gasteiger partial charge on any atom is -0.323 e. The summed E-state index contributed by atoms with van der Waals surface area (Å²) in [6.07, 6.45) is 0. The van der Waals surface area contributed by atoms with Gasteiger partial charge in [0, 0.05) is 42.8 Å². The van der Waals surface area contributed by atoms with Crippen molar-refractivity contribution >= 4 is 57.6 Å². The van der Waals surface area contributed by atoms with Crippen LogP contribution in [0.4, 0.5) is 5.69 Å². The number of halogens is 2. The number of rotatable bonds is 5. The molecule has 1 fully saturated rings. The highest BCUT2D eigenvalue weighted by atomic mass is 35.5. The number of hydrogen-bond acceptors (Lipinski definition) is 6. The van der Waals surface area contributed by atoms with Gasteiger partial charge in [0.2, 0.25) is 5.91 Å². The van der Waals surface area contributed by atoms with Crippen molar-refractivity contribution in [3.8, 4) is 0 Å². The Balaban J connectivity index is 1.28. The second-order valence-electron chi connectivity index (χ2n) is 6.77. The van der Waals surface area contributed by atoms with E-state index in [9.17, 15) is 4.79 Å². The molecule has 0 unspecified atom stereocenters. The predicted octanol–water partition coefficient (Wildman–Crippen LogP) is 3.75. The molecule has 0 atom stereocenters. The largest absolute Gasteiger partial charge is 0.323 e. The Morgan fingerprint density at radius 2 is 1.86 bits per heavy atom. The number of amides is 1. The average Bonchev–Trinajstić information content (AvgIpc) is 3.15. The highest BCUT2D eigenvalue weighted by Gasteiger charge is 2.20. The second-order valence-corrected chi connectivity index (χ2v) is 8.15. The van der Waals surface area contributed by atoms with Gasteiger partial charge in [0.15, 0.2) is 0 Å². The first-order valence-corrected chi connectivity index (χ1v) is 10.5. The van der Waals surface area contributed by atoms with Crippen LogP contribution in [0.5, 0.6) is 0 Å². The average molecular weight is 436 g/mol. The number of hydrogen-bond donors (Lipinski definition) is 1. The van der Waals surface area contributed by atoms with E-state index in [1.54, 1.807) is 6.07 Å². The minimum absolute atomic E-state index is 0.0327. The van der Waals surface area contributed by atoms with Crippen molar-refractivity contribution < 1.29 is 4.79 Å². The third-order valence-corrected chi connectivity index (χ3v) is 5.93. The van der Waals surface area contributed by atoms with Gasteiger partial charge in [0.25, 0.3) is 0 Å². The number of benzene rings is 2. The van der Waals surface area contributed by atoms with E-state index in [-0.39, 0.29) is 5.91 Å². The fourth-order valence-corrected chi connectivity index (χ4v) is 4.31. The van der Waals surface area contributed by atoms with E-state index < -0.39 is 0 Å². The number of carbonyl (C=O) groups excluding carboxylic acids is 1. The van der Waals surface area contributed by atoms with Crippen molar-refractivity contribution in [2.75, 3.05) is 38.0 Å². The molecule has 1 N–H and O–H groups in total. The normalized spacial score (nSPS) is 15.8. The molecule has 0 spiro atoms. The molecule has 0 radical (unpaired) electrons. The van der Waals surface area contributed by atoms with Gasteiger partial charge >= 0.3 is 0 Å². The molecule has 1 aliphatic rings.